The zero-order chi connectivity index (χ0) is 16.4. The normalized spacial score (nSPS) is 11.1. The summed E-state index contributed by atoms with van der Waals surface area (Å²) in [6.45, 7) is 2.91. The molecular formula is C15H24F2IN3O2. The van der Waals surface area contributed by atoms with Crippen molar-refractivity contribution in [1.29, 1.82) is 0 Å². The van der Waals surface area contributed by atoms with Gasteiger partial charge in [0.15, 0.2) is 5.96 Å². The van der Waals surface area contributed by atoms with Gasteiger partial charge in [0.2, 0.25) is 0 Å². The van der Waals surface area contributed by atoms with Crippen molar-refractivity contribution >= 4 is 29.9 Å². The third-order valence-electron chi connectivity index (χ3n) is 2.86. The van der Waals surface area contributed by atoms with Gasteiger partial charge in [-0.2, -0.15) is 0 Å². The van der Waals surface area contributed by atoms with Gasteiger partial charge in [-0.3, -0.25) is 4.99 Å². The van der Waals surface area contributed by atoms with Gasteiger partial charge >= 0.3 is 0 Å². The van der Waals surface area contributed by atoms with E-state index < -0.39 is 13.0 Å². The van der Waals surface area contributed by atoms with Gasteiger partial charge in [0, 0.05) is 26.3 Å². The van der Waals surface area contributed by atoms with Crippen molar-refractivity contribution < 1.29 is 18.3 Å². The van der Waals surface area contributed by atoms with Crippen LogP contribution in [0.1, 0.15) is 11.1 Å². The molecule has 0 unspecified atom stereocenters. The van der Waals surface area contributed by atoms with Crippen LogP contribution in [0.3, 0.4) is 0 Å². The minimum absolute atomic E-state index is 0. The molecule has 23 heavy (non-hydrogen) atoms. The molecule has 1 aromatic rings. The van der Waals surface area contributed by atoms with Crippen LogP contribution < -0.4 is 15.4 Å². The number of rotatable bonds is 8. The first-order valence-electron chi connectivity index (χ1n) is 7.00. The first-order valence-corrected chi connectivity index (χ1v) is 7.00. The molecule has 5 nitrogen and oxygen atoms in total. The Labute approximate surface area is 152 Å². The van der Waals surface area contributed by atoms with Crippen molar-refractivity contribution in [2.24, 2.45) is 4.99 Å². The third kappa shape index (κ3) is 8.89. The summed E-state index contributed by atoms with van der Waals surface area (Å²) in [6, 6.07) is 5.84. The SMILES string of the molecule is CN=C(NCc1ccc(C)cc1OCCOC)NCC(F)F.I. The van der Waals surface area contributed by atoms with E-state index in [1.807, 2.05) is 25.1 Å². The average molecular weight is 443 g/mol. The molecule has 0 aliphatic rings. The van der Waals surface area contributed by atoms with Crippen LogP contribution in [0.2, 0.25) is 0 Å². The summed E-state index contributed by atoms with van der Waals surface area (Å²) >= 11 is 0. The number of ether oxygens (including phenoxy) is 2. The van der Waals surface area contributed by atoms with Gasteiger partial charge in [-0.05, 0) is 18.6 Å². The van der Waals surface area contributed by atoms with Crippen LogP contribution >= 0.6 is 24.0 Å². The zero-order valence-electron chi connectivity index (χ0n) is 13.6. The Bertz CT molecular complexity index is 488. The van der Waals surface area contributed by atoms with E-state index in [1.165, 1.54) is 7.05 Å². The van der Waals surface area contributed by atoms with Gasteiger partial charge in [0.25, 0.3) is 6.43 Å². The zero-order valence-corrected chi connectivity index (χ0v) is 15.9. The number of aliphatic imine (C=N–C) groups is 1. The number of nitrogens with zero attached hydrogens (tertiary/aromatic N) is 1. The van der Waals surface area contributed by atoms with E-state index in [9.17, 15) is 8.78 Å². The van der Waals surface area contributed by atoms with Gasteiger partial charge in [0.05, 0.1) is 13.2 Å². The number of hydrogen-bond acceptors (Lipinski definition) is 3. The van der Waals surface area contributed by atoms with Crippen molar-refractivity contribution in [3.05, 3.63) is 29.3 Å². The fourth-order valence-electron chi connectivity index (χ4n) is 1.75. The van der Waals surface area contributed by atoms with Crippen LogP contribution in [-0.4, -0.2) is 46.3 Å². The van der Waals surface area contributed by atoms with Gasteiger partial charge in [-0.25, -0.2) is 8.78 Å². The van der Waals surface area contributed by atoms with Gasteiger partial charge < -0.3 is 20.1 Å². The highest BCUT2D eigenvalue weighted by Crippen LogP contribution is 2.20. The molecule has 2 N–H and O–H groups in total. The molecule has 1 rings (SSSR count). The molecule has 0 aliphatic carbocycles. The molecule has 0 saturated heterocycles. The maximum Gasteiger partial charge on any atom is 0.255 e. The quantitative estimate of drug-likeness (QED) is 0.281. The van der Waals surface area contributed by atoms with E-state index >= 15 is 0 Å². The molecular weight excluding hydrogens is 419 g/mol. The number of nitrogens with one attached hydrogen (secondary N) is 2. The smallest absolute Gasteiger partial charge is 0.255 e. The molecule has 0 amide bonds. The Morgan fingerprint density at radius 1 is 1.26 bits per heavy atom. The summed E-state index contributed by atoms with van der Waals surface area (Å²) < 4.78 is 35.0. The number of methoxy groups -OCH3 is 1. The average Bonchev–Trinajstić information content (AvgIpc) is 2.49. The number of alkyl halides is 2. The highest BCUT2D eigenvalue weighted by atomic mass is 127. The van der Waals surface area contributed by atoms with Crippen molar-refractivity contribution in [2.75, 3.05) is 33.9 Å². The van der Waals surface area contributed by atoms with E-state index in [0.29, 0.717) is 25.7 Å². The molecule has 0 radical (unpaired) electrons. The minimum atomic E-state index is -2.43. The second-order valence-electron chi connectivity index (χ2n) is 4.65. The van der Waals surface area contributed by atoms with Crippen LogP contribution in [0.5, 0.6) is 5.75 Å². The standard InChI is InChI=1S/C15H23F2N3O2.HI/c1-11-4-5-12(13(8-11)22-7-6-21-3)9-19-15(18-2)20-10-14(16)17;/h4-5,8,14H,6-7,9-10H2,1-3H3,(H2,18,19,20);1H. The lowest BCUT2D eigenvalue weighted by Crippen LogP contribution is -2.39. The van der Waals surface area contributed by atoms with E-state index in [4.69, 9.17) is 9.47 Å². The number of guanidine groups is 1. The van der Waals surface area contributed by atoms with Crippen LogP contribution in [0.15, 0.2) is 23.2 Å². The first-order chi connectivity index (χ1) is 10.6. The van der Waals surface area contributed by atoms with Crippen molar-refractivity contribution in [3.8, 4) is 5.75 Å². The highest BCUT2D eigenvalue weighted by molar-refractivity contribution is 14.0. The highest BCUT2D eigenvalue weighted by Gasteiger charge is 2.07. The Hall–Kier alpha value is -1.16. The van der Waals surface area contributed by atoms with E-state index in [2.05, 4.69) is 15.6 Å². The number of halogens is 3. The maximum absolute atomic E-state index is 12.2. The Kier molecular flexibility index (Phi) is 11.7. The molecule has 8 heteroatoms. The lowest BCUT2D eigenvalue weighted by molar-refractivity contribution is 0.145. The molecule has 0 aliphatic heterocycles. The Balaban J connectivity index is 0.00000484. The lowest BCUT2D eigenvalue weighted by Gasteiger charge is -2.15. The first kappa shape index (κ1) is 21.8. The van der Waals surface area contributed by atoms with Crippen molar-refractivity contribution in [3.63, 3.8) is 0 Å². The van der Waals surface area contributed by atoms with Crippen LogP contribution in [0, 0.1) is 6.92 Å². The maximum atomic E-state index is 12.2. The fraction of sp³-hybridized carbons (Fsp3) is 0.533. The Morgan fingerprint density at radius 3 is 2.61 bits per heavy atom. The van der Waals surface area contributed by atoms with Crippen LogP contribution in [-0.2, 0) is 11.3 Å². The molecule has 0 bridgehead atoms. The molecule has 0 fully saturated rings. The predicted octanol–water partition coefficient (Wildman–Crippen LogP) is 2.57. The summed E-state index contributed by atoms with van der Waals surface area (Å²) in [7, 11) is 3.15. The molecule has 132 valence electrons. The molecule has 0 heterocycles. The van der Waals surface area contributed by atoms with Crippen molar-refractivity contribution in [2.45, 2.75) is 19.9 Å². The third-order valence-corrected chi connectivity index (χ3v) is 2.86. The summed E-state index contributed by atoms with van der Waals surface area (Å²) in [5.41, 5.74) is 2.00. The molecule has 0 spiro atoms. The fourth-order valence-corrected chi connectivity index (χ4v) is 1.75. The van der Waals surface area contributed by atoms with Crippen LogP contribution in [0.25, 0.3) is 0 Å². The summed E-state index contributed by atoms with van der Waals surface area (Å²) in [5.74, 6) is 1.07. The number of benzene rings is 1. The molecule has 0 atom stereocenters. The summed E-state index contributed by atoms with van der Waals surface area (Å²) in [4.78, 5) is 3.90. The van der Waals surface area contributed by atoms with E-state index in [0.717, 1.165) is 16.9 Å². The van der Waals surface area contributed by atoms with Crippen LogP contribution in [0.4, 0.5) is 8.78 Å². The van der Waals surface area contributed by atoms with E-state index in [1.54, 1.807) is 7.11 Å². The number of hydrogen-bond donors (Lipinski definition) is 2. The van der Waals surface area contributed by atoms with Gasteiger partial charge in [-0.1, -0.05) is 12.1 Å². The minimum Gasteiger partial charge on any atom is -0.491 e. The Morgan fingerprint density at radius 2 is 2.00 bits per heavy atom. The summed E-state index contributed by atoms with van der Waals surface area (Å²) in [6.07, 6.45) is -2.43. The van der Waals surface area contributed by atoms with E-state index in [-0.39, 0.29) is 24.0 Å². The van der Waals surface area contributed by atoms with Gasteiger partial charge in [-0.15, -0.1) is 24.0 Å². The second kappa shape index (κ2) is 12.3. The molecule has 0 saturated carbocycles. The van der Waals surface area contributed by atoms with Crippen molar-refractivity contribution in [1.82, 2.24) is 10.6 Å². The van der Waals surface area contributed by atoms with Gasteiger partial charge in [0.1, 0.15) is 12.4 Å². The number of aryl methyl sites for hydroxylation is 1. The summed E-state index contributed by atoms with van der Waals surface area (Å²) in [5, 5.41) is 5.54. The lowest BCUT2D eigenvalue weighted by atomic mass is 10.1. The largest absolute Gasteiger partial charge is 0.491 e. The second-order valence-corrected chi connectivity index (χ2v) is 4.65. The molecule has 1 aromatic carbocycles. The predicted molar refractivity (Wildman–Crippen MR) is 98.2 cm³/mol. The monoisotopic (exact) mass is 443 g/mol. The topological polar surface area (TPSA) is 54.9 Å². The molecule has 0 aromatic heterocycles.